The molecule has 1 heterocycles. The second kappa shape index (κ2) is 26.2. The summed E-state index contributed by atoms with van der Waals surface area (Å²) < 4.78 is 19.8. The third-order valence-corrected chi connectivity index (χ3v) is 25.7. The molecular formula is C80H108N2O3. The second-order valence-electron chi connectivity index (χ2n) is 31.3. The van der Waals surface area contributed by atoms with E-state index in [-0.39, 0.29) is 17.8 Å². The van der Waals surface area contributed by atoms with E-state index < -0.39 is 0 Å². The first-order chi connectivity index (χ1) is 40.9. The van der Waals surface area contributed by atoms with Crippen molar-refractivity contribution in [2.75, 3.05) is 0 Å². The van der Waals surface area contributed by atoms with E-state index in [2.05, 4.69) is 142 Å². The number of hydrogen-bond donors (Lipinski definition) is 0. The zero-order valence-corrected chi connectivity index (χ0v) is 54.4. The molecule has 85 heavy (non-hydrogen) atoms. The van der Waals surface area contributed by atoms with Crippen molar-refractivity contribution in [2.24, 2.45) is 92.7 Å². The number of nitriles is 2. The number of fused-ring (bicyclic) bond motifs is 10. The second-order valence-corrected chi connectivity index (χ2v) is 31.3. The van der Waals surface area contributed by atoms with Gasteiger partial charge in [0, 0.05) is 5.57 Å². The standard InChI is InChI=1S/C80H108N2O3/c1-53(2)13-11-15-55(5)71-33-35-73-69-31-27-63-47-65(37-41-77(63,7)75(69)39-43-79(71,73)9)83-51-59-21-17-57(18-22-59)25-29-67-45-61(62(49-81)50-82)46-68(85-67)30-26-58-19-23-60(24-20-58)52-84-66-38-42-78(8)64(48-66)28-32-70-74-36-34-72(56(6)16-12-14-54(3)4)80(74,10)44-40-76(70)78/h17-30,45-46,53-56,65-66,69-76H,11-16,31-44,47-48,51-52H2,1-10H3/b29-25+,30-26+/t55-,56-,65?,66?,69+,70+,71-,72-,73+,74+,75+,76+,77+,78+,79-,80-/m1/s1. The summed E-state index contributed by atoms with van der Waals surface area (Å²) in [6.45, 7) is 26.6. The smallest absolute Gasteiger partial charge is 0.137 e. The van der Waals surface area contributed by atoms with Crippen molar-refractivity contribution >= 4 is 12.2 Å². The minimum Gasteiger partial charge on any atom is -0.457 e. The van der Waals surface area contributed by atoms with E-state index >= 15 is 0 Å². The number of ether oxygens (including phenoxy) is 3. The Hall–Kier alpha value is -4.68. The maximum absolute atomic E-state index is 9.86. The van der Waals surface area contributed by atoms with Crippen LogP contribution in [-0.4, -0.2) is 12.2 Å². The Morgan fingerprint density at radius 3 is 1.35 bits per heavy atom. The average Bonchev–Trinajstić information content (AvgIpc) is 1.79. The van der Waals surface area contributed by atoms with Gasteiger partial charge in [0.25, 0.3) is 0 Å². The minimum absolute atomic E-state index is 0.0556. The fraction of sp³-hybridized carbons (Fsp3) is 0.650. The largest absolute Gasteiger partial charge is 0.457 e. The van der Waals surface area contributed by atoms with Gasteiger partial charge in [-0.1, -0.05) is 192 Å². The van der Waals surface area contributed by atoms with Crippen molar-refractivity contribution < 1.29 is 14.2 Å². The predicted molar refractivity (Wildman–Crippen MR) is 350 cm³/mol. The number of benzene rings is 2. The highest BCUT2D eigenvalue weighted by Gasteiger charge is 2.61. The lowest BCUT2D eigenvalue weighted by molar-refractivity contribution is -0.0656. The van der Waals surface area contributed by atoms with E-state index in [0.29, 0.717) is 52.0 Å². The summed E-state index contributed by atoms with van der Waals surface area (Å²) >= 11 is 0. The molecule has 8 aliphatic carbocycles. The Balaban J connectivity index is 0.641. The molecule has 1 aliphatic heterocycles. The zero-order chi connectivity index (χ0) is 59.7. The molecule has 9 aliphatic rings. The molecule has 5 heteroatoms. The molecule has 2 unspecified atom stereocenters. The minimum atomic E-state index is 0.0556. The Labute approximate surface area is 516 Å². The van der Waals surface area contributed by atoms with Crippen LogP contribution in [0.3, 0.4) is 0 Å². The van der Waals surface area contributed by atoms with Crippen molar-refractivity contribution in [1.82, 2.24) is 0 Å². The van der Waals surface area contributed by atoms with E-state index in [9.17, 15) is 10.5 Å². The molecule has 0 aromatic heterocycles. The van der Waals surface area contributed by atoms with Gasteiger partial charge in [0.05, 0.1) is 25.4 Å². The van der Waals surface area contributed by atoms with Crippen LogP contribution in [0.2, 0.25) is 0 Å². The molecule has 16 atom stereocenters. The molecule has 11 rings (SSSR count). The molecule has 5 nitrogen and oxygen atoms in total. The highest BCUT2D eigenvalue weighted by atomic mass is 16.5. The number of hydrogen-bond acceptors (Lipinski definition) is 5. The van der Waals surface area contributed by atoms with Gasteiger partial charge in [0.2, 0.25) is 0 Å². The Morgan fingerprint density at radius 1 is 0.529 bits per heavy atom. The SMILES string of the molecule is CC(C)CCC[C@@H](C)[C@H]1CC[C@H]2[C@@H]3CC=C4CC(OCc5ccc(/C=C/C6=CC(=C(C#N)C#N)C=C(/C=C/c7ccc(COC8CC[C@@]9(C)C(=CC[C@H]%10[C@@H]%11CC[C@H]([C@H](C)CCCC(C)C)[C@@]%11(C)CC[C@@H]%109)C8)cc7)O6)cc5)CC[C@]4(C)[C@H]3CC[C@]12C. The first-order valence-corrected chi connectivity index (χ1v) is 34.7. The fourth-order valence-corrected chi connectivity index (χ4v) is 20.8. The molecule has 0 spiro atoms. The van der Waals surface area contributed by atoms with Crippen molar-refractivity contribution in [1.29, 1.82) is 10.5 Å². The maximum Gasteiger partial charge on any atom is 0.137 e. The van der Waals surface area contributed by atoms with Crippen LogP contribution in [0.25, 0.3) is 12.2 Å². The van der Waals surface area contributed by atoms with Gasteiger partial charge >= 0.3 is 0 Å². The number of rotatable bonds is 20. The van der Waals surface area contributed by atoms with Gasteiger partial charge in [-0.15, -0.1) is 0 Å². The fourth-order valence-electron chi connectivity index (χ4n) is 20.8. The normalized spacial score (nSPS) is 35.7. The molecule has 0 radical (unpaired) electrons. The van der Waals surface area contributed by atoms with Gasteiger partial charge in [-0.25, -0.2) is 0 Å². The summed E-state index contributed by atoms with van der Waals surface area (Å²) in [5, 5.41) is 19.7. The topological polar surface area (TPSA) is 75.3 Å². The number of allylic oxidation sites excluding steroid dienone is 8. The average molecular weight is 1150 g/mol. The van der Waals surface area contributed by atoms with Gasteiger partial charge in [-0.3, -0.25) is 0 Å². The summed E-state index contributed by atoms with van der Waals surface area (Å²) in [6.07, 6.45) is 46.7. The summed E-state index contributed by atoms with van der Waals surface area (Å²) in [4.78, 5) is 0. The molecule has 6 saturated carbocycles. The van der Waals surface area contributed by atoms with E-state index in [0.717, 1.165) is 108 Å². The van der Waals surface area contributed by atoms with Crippen molar-refractivity contribution in [3.8, 4) is 12.1 Å². The van der Waals surface area contributed by atoms with Crippen molar-refractivity contribution in [2.45, 2.75) is 236 Å². The molecule has 6 fully saturated rings. The summed E-state index contributed by atoms with van der Waals surface area (Å²) in [5.74, 6) is 11.4. The molecular weight excluding hydrogens is 1040 g/mol. The van der Waals surface area contributed by atoms with Crippen LogP contribution in [0.15, 0.2) is 119 Å². The quantitative estimate of drug-likeness (QED) is 0.0975. The van der Waals surface area contributed by atoms with Crippen LogP contribution in [0.1, 0.15) is 233 Å². The molecule has 2 aromatic carbocycles. The van der Waals surface area contributed by atoms with Crippen molar-refractivity contribution in [3.05, 3.63) is 141 Å². The van der Waals surface area contributed by atoms with Crippen LogP contribution >= 0.6 is 0 Å². The van der Waals surface area contributed by atoms with Crippen molar-refractivity contribution in [3.63, 3.8) is 0 Å². The lowest BCUT2D eigenvalue weighted by Crippen LogP contribution is -2.51. The van der Waals surface area contributed by atoms with Crippen LogP contribution < -0.4 is 0 Å². The highest BCUT2D eigenvalue weighted by Crippen LogP contribution is 2.69. The van der Waals surface area contributed by atoms with Gasteiger partial charge < -0.3 is 14.2 Å². The Morgan fingerprint density at radius 2 is 0.953 bits per heavy atom. The van der Waals surface area contributed by atoms with Crippen LogP contribution in [0, 0.1) is 115 Å². The van der Waals surface area contributed by atoms with Gasteiger partial charge in [-0.05, 0) is 242 Å². The lowest BCUT2D eigenvalue weighted by Gasteiger charge is -2.58. The first-order valence-electron chi connectivity index (χ1n) is 34.7. The monoisotopic (exact) mass is 1140 g/mol. The van der Waals surface area contributed by atoms with Crippen LogP contribution in [0.5, 0.6) is 0 Å². The zero-order valence-electron chi connectivity index (χ0n) is 54.4. The molecule has 2 aromatic rings. The predicted octanol–water partition coefficient (Wildman–Crippen LogP) is 21.4. The van der Waals surface area contributed by atoms with Gasteiger partial charge in [0.15, 0.2) is 0 Å². The Kier molecular flexibility index (Phi) is 19.1. The maximum atomic E-state index is 9.86. The summed E-state index contributed by atoms with van der Waals surface area (Å²) in [5.41, 5.74) is 10.1. The molecule has 456 valence electrons. The third-order valence-electron chi connectivity index (χ3n) is 25.7. The lowest BCUT2D eigenvalue weighted by atomic mass is 9.47. The van der Waals surface area contributed by atoms with Crippen LogP contribution in [0.4, 0.5) is 0 Å². The van der Waals surface area contributed by atoms with E-state index in [4.69, 9.17) is 14.2 Å². The van der Waals surface area contributed by atoms with E-state index in [1.807, 2.05) is 24.3 Å². The van der Waals surface area contributed by atoms with Gasteiger partial charge in [-0.2, -0.15) is 10.5 Å². The molecule has 0 saturated heterocycles. The molecule has 0 N–H and O–H groups in total. The number of nitrogens with zero attached hydrogens (tertiary/aromatic N) is 2. The molecule has 0 amide bonds. The molecule has 0 bridgehead atoms. The first kappa shape index (κ1) is 61.9. The van der Waals surface area contributed by atoms with E-state index in [1.165, 1.54) is 127 Å². The highest BCUT2D eigenvalue weighted by molar-refractivity contribution is 5.60. The Bertz CT molecular complexity index is 2790. The third kappa shape index (κ3) is 13.0. The van der Waals surface area contributed by atoms with Gasteiger partial charge in [0.1, 0.15) is 29.2 Å². The summed E-state index contributed by atoms with van der Waals surface area (Å²) in [7, 11) is 0. The van der Waals surface area contributed by atoms with Crippen LogP contribution in [-0.2, 0) is 27.4 Å². The van der Waals surface area contributed by atoms with E-state index in [1.54, 1.807) is 23.3 Å². The summed E-state index contributed by atoms with van der Waals surface area (Å²) in [6, 6.07) is 21.4.